The van der Waals surface area contributed by atoms with Crippen LogP contribution < -0.4 is 5.63 Å². The Bertz CT molecular complexity index is 707. The Labute approximate surface area is 104 Å². The van der Waals surface area contributed by atoms with Crippen molar-refractivity contribution in [3.8, 4) is 0 Å². The fraction of sp³-hybridized carbons (Fsp3) is 0. The summed E-state index contributed by atoms with van der Waals surface area (Å²) in [6, 6.07) is 8.92. The number of nitrogens with zero attached hydrogens (tertiary/aromatic N) is 2. The van der Waals surface area contributed by atoms with E-state index in [1.54, 1.807) is 11.6 Å². The summed E-state index contributed by atoms with van der Waals surface area (Å²) in [4.78, 5) is 12.3. The second-order valence-corrected chi connectivity index (χ2v) is 5.35. The van der Waals surface area contributed by atoms with E-state index in [0.717, 1.165) is 14.6 Å². The molecule has 0 aliphatic rings. The van der Waals surface area contributed by atoms with Crippen LogP contribution in [0.1, 0.15) is 0 Å². The van der Waals surface area contributed by atoms with Gasteiger partial charge in [0, 0.05) is 16.3 Å². The fourth-order valence-electron chi connectivity index (χ4n) is 1.47. The van der Waals surface area contributed by atoms with Gasteiger partial charge in [-0.3, -0.25) is 0 Å². The van der Waals surface area contributed by atoms with Gasteiger partial charge in [0.05, 0.1) is 0 Å². The van der Waals surface area contributed by atoms with E-state index in [9.17, 15) is 4.79 Å². The van der Waals surface area contributed by atoms with Gasteiger partial charge < -0.3 is 4.42 Å². The molecule has 0 fully saturated rings. The molecule has 0 amide bonds. The van der Waals surface area contributed by atoms with Crippen LogP contribution >= 0.6 is 23.1 Å². The van der Waals surface area contributed by atoms with Gasteiger partial charge >= 0.3 is 5.63 Å². The summed E-state index contributed by atoms with van der Waals surface area (Å²) in [6.07, 6.45) is 0. The summed E-state index contributed by atoms with van der Waals surface area (Å²) in [5.74, 6) is 0. The summed E-state index contributed by atoms with van der Waals surface area (Å²) in [5.41, 5.74) is 1.90. The Morgan fingerprint density at radius 3 is 3.00 bits per heavy atom. The molecule has 0 saturated carbocycles. The van der Waals surface area contributed by atoms with Gasteiger partial charge in [-0.1, -0.05) is 41.3 Å². The molecule has 0 radical (unpaired) electrons. The van der Waals surface area contributed by atoms with Gasteiger partial charge in [-0.25, -0.2) is 4.79 Å². The molecule has 3 rings (SSSR count). The SMILES string of the molecule is O=c1cc(Sc2nncs2)c2ccccc2o1. The van der Waals surface area contributed by atoms with E-state index < -0.39 is 0 Å². The first-order chi connectivity index (χ1) is 8.33. The first-order valence-electron chi connectivity index (χ1n) is 4.80. The molecule has 0 aliphatic heterocycles. The predicted molar refractivity (Wildman–Crippen MR) is 66.5 cm³/mol. The van der Waals surface area contributed by atoms with Crippen molar-refractivity contribution in [3.63, 3.8) is 0 Å². The minimum absolute atomic E-state index is 0.351. The van der Waals surface area contributed by atoms with Crippen molar-refractivity contribution in [1.82, 2.24) is 10.2 Å². The largest absolute Gasteiger partial charge is 0.423 e. The zero-order valence-corrected chi connectivity index (χ0v) is 10.1. The van der Waals surface area contributed by atoms with E-state index in [1.165, 1.54) is 29.2 Å². The van der Waals surface area contributed by atoms with Gasteiger partial charge in [0.1, 0.15) is 11.1 Å². The minimum atomic E-state index is -0.351. The van der Waals surface area contributed by atoms with Crippen LogP contribution in [0.2, 0.25) is 0 Å². The number of fused-ring (bicyclic) bond motifs is 1. The molecule has 0 bridgehead atoms. The van der Waals surface area contributed by atoms with Crippen molar-refractivity contribution in [3.05, 3.63) is 46.3 Å². The van der Waals surface area contributed by atoms with Crippen molar-refractivity contribution >= 4 is 34.1 Å². The standard InChI is InChI=1S/C11H6N2O2S2/c14-10-5-9(17-11-13-12-6-16-11)7-3-1-2-4-8(7)15-10/h1-6H. The maximum absolute atomic E-state index is 11.4. The molecule has 0 N–H and O–H groups in total. The Morgan fingerprint density at radius 1 is 1.29 bits per heavy atom. The second-order valence-electron chi connectivity index (χ2n) is 3.23. The molecule has 4 nitrogen and oxygen atoms in total. The van der Waals surface area contributed by atoms with Crippen molar-refractivity contribution in [2.75, 3.05) is 0 Å². The lowest BCUT2D eigenvalue weighted by Gasteiger charge is -2.01. The van der Waals surface area contributed by atoms with Gasteiger partial charge in [-0.05, 0) is 6.07 Å². The highest BCUT2D eigenvalue weighted by molar-refractivity contribution is 8.01. The molecule has 0 unspecified atom stereocenters. The average molecular weight is 262 g/mol. The van der Waals surface area contributed by atoms with Crippen LogP contribution in [-0.2, 0) is 0 Å². The van der Waals surface area contributed by atoms with Crippen molar-refractivity contribution in [1.29, 1.82) is 0 Å². The molecule has 17 heavy (non-hydrogen) atoms. The lowest BCUT2D eigenvalue weighted by Crippen LogP contribution is -1.96. The minimum Gasteiger partial charge on any atom is -0.423 e. The van der Waals surface area contributed by atoms with Gasteiger partial charge in [0.2, 0.25) is 0 Å². The number of hydrogen-bond donors (Lipinski definition) is 0. The van der Waals surface area contributed by atoms with E-state index >= 15 is 0 Å². The van der Waals surface area contributed by atoms with E-state index in [-0.39, 0.29) is 5.63 Å². The molecule has 2 aromatic heterocycles. The monoisotopic (exact) mass is 262 g/mol. The van der Waals surface area contributed by atoms with Crippen LogP contribution in [0.25, 0.3) is 11.0 Å². The van der Waals surface area contributed by atoms with Crippen LogP contribution in [-0.4, -0.2) is 10.2 Å². The normalized spacial score (nSPS) is 10.8. The van der Waals surface area contributed by atoms with Crippen molar-refractivity contribution in [2.24, 2.45) is 0 Å². The smallest absolute Gasteiger partial charge is 0.337 e. The maximum atomic E-state index is 11.4. The third kappa shape index (κ3) is 2.09. The second kappa shape index (κ2) is 4.31. The summed E-state index contributed by atoms with van der Waals surface area (Å²) < 4.78 is 5.93. The number of benzene rings is 1. The van der Waals surface area contributed by atoms with E-state index in [0.29, 0.717) is 5.58 Å². The first-order valence-corrected chi connectivity index (χ1v) is 6.49. The van der Waals surface area contributed by atoms with E-state index in [2.05, 4.69) is 10.2 Å². The van der Waals surface area contributed by atoms with Gasteiger partial charge in [-0.2, -0.15) is 0 Å². The highest BCUT2D eigenvalue weighted by Crippen LogP contribution is 2.32. The molecular formula is C11H6N2O2S2. The predicted octanol–water partition coefficient (Wildman–Crippen LogP) is 2.80. The Morgan fingerprint density at radius 2 is 2.18 bits per heavy atom. The number of rotatable bonds is 2. The van der Waals surface area contributed by atoms with Crippen LogP contribution in [0.5, 0.6) is 0 Å². The number of aromatic nitrogens is 2. The molecule has 6 heteroatoms. The quantitative estimate of drug-likeness (QED) is 0.665. The van der Waals surface area contributed by atoms with Crippen molar-refractivity contribution in [2.45, 2.75) is 9.24 Å². The van der Waals surface area contributed by atoms with Gasteiger partial charge in [0.25, 0.3) is 0 Å². The lowest BCUT2D eigenvalue weighted by atomic mass is 10.2. The number of para-hydroxylation sites is 1. The highest BCUT2D eigenvalue weighted by atomic mass is 32.2. The zero-order valence-electron chi connectivity index (χ0n) is 8.49. The molecule has 0 atom stereocenters. The summed E-state index contributed by atoms with van der Waals surface area (Å²) in [7, 11) is 0. The average Bonchev–Trinajstić information content (AvgIpc) is 2.81. The molecule has 3 aromatic rings. The first kappa shape index (κ1) is 10.5. The molecule has 2 heterocycles. The van der Waals surface area contributed by atoms with Crippen LogP contribution in [0.3, 0.4) is 0 Å². The lowest BCUT2D eigenvalue weighted by molar-refractivity contribution is 0.557. The van der Waals surface area contributed by atoms with Crippen LogP contribution in [0, 0.1) is 0 Å². The van der Waals surface area contributed by atoms with Crippen LogP contribution in [0.15, 0.2) is 54.3 Å². The summed E-state index contributed by atoms with van der Waals surface area (Å²) in [5, 5.41) is 8.62. The molecule has 84 valence electrons. The third-order valence-electron chi connectivity index (χ3n) is 2.15. The molecule has 0 saturated heterocycles. The summed E-state index contributed by atoms with van der Waals surface area (Å²) in [6.45, 7) is 0. The van der Waals surface area contributed by atoms with Gasteiger partial charge in [-0.15, -0.1) is 10.2 Å². The van der Waals surface area contributed by atoms with E-state index in [4.69, 9.17) is 4.42 Å². The Kier molecular flexibility index (Phi) is 2.66. The topological polar surface area (TPSA) is 56.0 Å². The van der Waals surface area contributed by atoms with Crippen LogP contribution in [0.4, 0.5) is 0 Å². The molecule has 1 aromatic carbocycles. The van der Waals surface area contributed by atoms with Gasteiger partial charge in [0.15, 0.2) is 4.34 Å². The molecule has 0 aliphatic carbocycles. The molecular weight excluding hydrogens is 256 g/mol. The molecule has 0 spiro atoms. The zero-order chi connectivity index (χ0) is 11.7. The Hall–Kier alpha value is -1.66. The Balaban J connectivity index is 2.18. The maximum Gasteiger partial charge on any atom is 0.337 e. The van der Waals surface area contributed by atoms with Crippen molar-refractivity contribution < 1.29 is 4.42 Å². The number of hydrogen-bond acceptors (Lipinski definition) is 6. The third-order valence-corrected chi connectivity index (χ3v) is 3.98. The highest BCUT2D eigenvalue weighted by Gasteiger charge is 2.08. The fourth-order valence-corrected chi connectivity index (χ4v) is 3.05. The summed E-state index contributed by atoms with van der Waals surface area (Å²) >= 11 is 2.86. The van der Waals surface area contributed by atoms with E-state index in [1.807, 2.05) is 18.2 Å².